The third-order valence-corrected chi connectivity index (χ3v) is 3.03. The smallest absolute Gasteiger partial charge is 0.260 e. The van der Waals surface area contributed by atoms with Crippen molar-refractivity contribution in [2.24, 2.45) is 0 Å². The van der Waals surface area contributed by atoms with Crippen LogP contribution in [-0.2, 0) is 11.3 Å². The Hall–Kier alpha value is -2.08. The molecule has 0 fully saturated rings. The average Bonchev–Trinajstić information content (AvgIpc) is 2.92. The van der Waals surface area contributed by atoms with E-state index in [1.807, 2.05) is 13.0 Å². The van der Waals surface area contributed by atoms with Gasteiger partial charge >= 0.3 is 0 Å². The van der Waals surface area contributed by atoms with Crippen molar-refractivity contribution in [3.05, 3.63) is 40.9 Å². The van der Waals surface area contributed by atoms with Gasteiger partial charge in [0.05, 0.1) is 11.6 Å². The van der Waals surface area contributed by atoms with Crippen molar-refractivity contribution >= 4 is 17.5 Å². The van der Waals surface area contributed by atoms with Gasteiger partial charge < -0.3 is 9.64 Å². The van der Waals surface area contributed by atoms with E-state index in [0.29, 0.717) is 23.1 Å². The number of nitrogens with one attached hydrogen (secondary N) is 1. The zero-order chi connectivity index (χ0) is 14.5. The van der Waals surface area contributed by atoms with Crippen LogP contribution < -0.4 is 4.74 Å². The molecule has 1 aromatic carbocycles. The van der Waals surface area contributed by atoms with Gasteiger partial charge in [-0.25, -0.2) is 4.98 Å². The number of ether oxygens (including phenoxy) is 1. The summed E-state index contributed by atoms with van der Waals surface area (Å²) >= 11 is 6.00. The van der Waals surface area contributed by atoms with Gasteiger partial charge in [-0.2, -0.15) is 5.10 Å². The molecule has 1 heterocycles. The summed E-state index contributed by atoms with van der Waals surface area (Å²) < 4.78 is 5.45. The maximum Gasteiger partial charge on any atom is 0.260 e. The number of amides is 1. The fourth-order valence-corrected chi connectivity index (χ4v) is 1.76. The van der Waals surface area contributed by atoms with Crippen LogP contribution in [0.3, 0.4) is 0 Å². The first kappa shape index (κ1) is 14.3. The highest BCUT2D eigenvalue weighted by atomic mass is 35.5. The standard InChI is InChI=1S/C13H15ClN4O2/c1-9-3-4-10(14)11(5-9)20-7-13(19)18(2)6-12-15-8-16-17-12/h3-5,8H,6-7H2,1-2H3,(H,15,16,17). The molecular weight excluding hydrogens is 280 g/mol. The zero-order valence-corrected chi connectivity index (χ0v) is 12.0. The number of aromatic nitrogens is 3. The molecule has 1 amide bonds. The molecule has 6 nitrogen and oxygen atoms in total. The van der Waals surface area contributed by atoms with Gasteiger partial charge in [0.1, 0.15) is 17.9 Å². The number of nitrogens with zero attached hydrogens (tertiary/aromatic N) is 3. The van der Waals surface area contributed by atoms with Crippen molar-refractivity contribution in [2.75, 3.05) is 13.7 Å². The Morgan fingerprint density at radius 3 is 3.00 bits per heavy atom. The Labute approximate surface area is 121 Å². The van der Waals surface area contributed by atoms with Crippen LogP contribution in [0.4, 0.5) is 0 Å². The molecule has 2 aromatic rings. The molecule has 2 rings (SSSR count). The maximum atomic E-state index is 11.9. The topological polar surface area (TPSA) is 71.1 Å². The molecule has 7 heteroatoms. The van der Waals surface area contributed by atoms with Crippen molar-refractivity contribution < 1.29 is 9.53 Å². The lowest BCUT2D eigenvalue weighted by Gasteiger charge is -2.16. The first-order chi connectivity index (χ1) is 9.56. The largest absolute Gasteiger partial charge is 0.482 e. The third kappa shape index (κ3) is 3.71. The molecule has 0 unspecified atom stereocenters. The quantitative estimate of drug-likeness (QED) is 0.913. The summed E-state index contributed by atoms with van der Waals surface area (Å²) in [5.74, 6) is 0.960. The van der Waals surface area contributed by atoms with Crippen LogP contribution in [0.2, 0.25) is 5.02 Å². The summed E-state index contributed by atoms with van der Waals surface area (Å²) in [7, 11) is 1.67. The minimum Gasteiger partial charge on any atom is -0.482 e. The molecule has 0 aliphatic carbocycles. The number of rotatable bonds is 5. The zero-order valence-electron chi connectivity index (χ0n) is 11.3. The number of likely N-dealkylation sites (N-methyl/N-ethyl adjacent to an activating group) is 1. The Bertz CT molecular complexity index is 586. The first-order valence-corrected chi connectivity index (χ1v) is 6.41. The maximum absolute atomic E-state index is 11.9. The summed E-state index contributed by atoms with van der Waals surface area (Å²) in [5, 5.41) is 6.91. The van der Waals surface area contributed by atoms with Crippen LogP contribution in [0.25, 0.3) is 0 Å². The van der Waals surface area contributed by atoms with Crippen molar-refractivity contribution in [3.8, 4) is 5.75 Å². The van der Waals surface area contributed by atoms with Crippen LogP contribution in [0.5, 0.6) is 5.75 Å². The number of hydrogen-bond acceptors (Lipinski definition) is 4. The molecule has 1 aromatic heterocycles. The molecule has 106 valence electrons. The Morgan fingerprint density at radius 2 is 2.30 bits per heavy atom. The predicted molar refractivity (Wildman–Crippen MR) is 74.5 cm³/mol. The summed E-state index contributed by atoms with van der Waals surface area (Å²) in [6, 6.07) is 5.42. The van der Waals surface area contributed by atoms with Gasteiger partial charge in [-0.15, -0.1) is 0 Å². The van der Waals surface area contributed by atoms with Gasteiger partial charge in [0.15, 0.2) is 6.61 Å². The van der Waals surface area contributed by atoms with Crippen LogP contribution in [0, 0.1) is 6.92 Å². The third-order valence-electron chi connectivity index (χ3n) is 2.72. The number of carbonyl (C=O) groups is 1. The second kappa shape index (κ2) is 6.38. The summed E-state index contributed by atoms with van der Waals surface area (Å²) in [4.78, 5) is 17.4. The molecule has 0 saturated carbocycles. The van der Waals surface area contributed by atoms with Gasteiger partial charge in [0, 0.05) is 7.05 Å². The number of aryl methyl sites for hydroxylation is 1. The number of hydrogen-bond donors (Lipinski definition) is 1. The summed E-state index contributed by atoms with van der Waals surface area (Å²) in [6.07, 6.45) is 1.40. The van der Waals surface area contributed by atoms with Crippen molar-refractivity contribution in [3.63, 3.8) is 0 Å². The fourth-order valence-electron chi connectivity index (χ4n) is 1.59. The number of H-pyrrole nitrogens is 1. The molecule has 0 atom stereocenters. The van der Waals surface area contributed by atoms with E-state index in [9.17, 15) is 4.79 Å². The lowest BCUT2D eigenvalue weighted by molar-refractivity contribution is -0.132. The van der Waals surface area contributed by atoms with E-state index < -0.39 is 0 Å². The second-order valence-corrected chi connectivity index (χ2v) is 4.81. The van der Waals surface area contributed by atoms with Crippen LogP contribution >= 0.6 is 11.6 Å². The molecule has 0 aliphatic heterocycles. The minimum absolute atomic E-state index is 0.0756. The van der Waals surface area contributed by atoms with E-state index >= 15 is 0 Å². The molecule has 0 aliphatic rings. The molecule has 0 spiro atoms. The van der Waals surface area contributed by atoms with Gasteiger partial charge in [-0.3, -0.25) is 9.89 Å². The highest BCUT2D eigenvalue weighted by Gasteiger charge is 2.12. The summed E-state index contributed by atoms with van der Waals surface area (Å²) in [6.45, 7) is 2.21. The van der Waals surface area contributed by atoms with Crippen molar-refractivity contribution in [1.29, 1.82) is 0 Å². The molecule has 0 bridgehead atoms. The van der Waals surface area contributed by atoms with Gasteiger partial charge in [-0.1, -0.05) is 17.7 Å². The monoisotopic (exact) mass is 294 g/mol. The van der Waals surface area contributed by atoms with Crippen molar-refractivity contribution in [1.82, 2.24) is 20.1 Å². The Kier molecular flexibility index (Phi) is 4.57. The van der Waals surface area contributed by atoms with Crippen LogP contribution in [0.1, 0.15) is 11.4 Å². The normalized spacial score (nSPS) is 10.3. The van der Waals surface area contributed by atoms with E-state index in [0.717, 1.165) is 5.56 Å². The molecule has 0 saturated heterocycles. The highest BCUT2D eigenvalue weighted by Crippen LogP contribution is 2.25. The van der Waals surface area contributed by atoms with E-state index in [2.05, 4.69) is 15.2 Å². The van der Waals surface area contributed by atoms with Crippen LogP contribution in [-0.4, -0.2) is 39.6 Å². The number of halogens is 1. The minimum atomic E-state index is -0.168. The van der Waals surface area contributed by atoms with Gasteiger partial charge in [0.2, 0.25) is 0 Å². The number of carbonyl (C=O) groups excluding carboxylic acids is 1. The molecule has 1 N–H and O–H groups in total. The molecular formula is C13H15ClN4O2. The van der Waals surface area contributed by atoms with Crippen LogP contribution in [0.15, 0.2) is 24.5 Å². The predicted octanol–water partition coefficient (Wildman–Crippen LogP) is 1.80. The van der Waals surface area contributed by atoms with E-state index in [-0.39, 0.29) is 12.5 Å². The van der Waals surface area contributed by atoms with E-state index in [1.54, 1.807) is 19.2 Å². The lowest BCUT2D eigenvalue weighted by atomic mass is 10.2. The Morgan fingerprint density at radius 1 is 1.50 bits per heavy atom. The van der Waals surface area contributed by atoms with Gasteiger partial charge in [0.25, 0.3) is 5.91 Å². The summed E-state index contributed by atoms with van der Waals surface area (Å²) in [5.41, 5.74) is 1.02. The lowest BCUT2D eigenvalue weighted by Crippen LogP contribution is -2.31. The second-order valence-electron chi connectivity index (χ2n) is 4.40. The number of benzene rings is 1. The van der Waals surface area contributed by atoms with Gasteiger partial charge in [-0.05, 0) is 24.6 Å². The first-order valence-electron chi connectivity index (χ1n) is 6.03. The van der Waals surface area contributed by atoms with E-state index in [1.165, 1.54) is 11.2 Å². The fraction of sp³-hybridized carbons (Fsp3) is 0.308. The van der Waals surface area contributed by atoms with E-state index in [4.69, 9.17) is 16.3 Å². The molecule has 0 radical (unpaired) electrons. The number of aromatic amines is 1. The van der Waals surface area contributed by atoms with Crippen molar-refractivity contribution in [2.45, 2.75) is 13.5 Å². The average molecular weight is 295 g/mol. The molecule has 20 heavy (non-hydrogen) atoms. The highest BCUT2D eigenvalue weighted by molar-refractivity contribution is 6.32. The SMILES string of the molecule is Cc1ccc(Cl)c(OCC(=O)N(C)Cc2ncn[nH]2)c1. The Balaban J connectivity index is 1.89.